The molecule has 0 bridgehead atoms. The lowest BCUT2D eigenvalue weighted by Crippen LogP contribution is -2.27. The van der Waals surface area contributed by atoms with Crippen LogP contribution in [0.4, 0.5) is 0 Å². The minimum Gasteiger partial charge on any atom is -0.496 e. The highest BCUT2D eigenvalue weighted by molar-refractivity contribution is 5.76. The fourth-order valence-corrected chi connectivity index (χ4v) is 2.67. The molecular weight excluding hydrogens is 330 g/mol. The van der Waals surface area contributed by atoms with Crippen molar-refractivity contribution in [2.24, 2.45) is 0 Å². The summed E-state index contributed by atoms with van der Waals surface area (Å²) in [6, 6.07) is 15.1. The average Bonchev–Trinajstić information content (AvgIpc) is 2.66. The van der Waals surface area contributed by atoms with Crippen LogP contribution in [0.5, 0.6) is 17.2 Å². The molecule has 26 heavy (non-hydrogen) atoms. The Morgan fingerprint density at radius 1 is 1.00 bits per heavy atom. The van der Waals surface area contributed by atoms with E-state index in [0.29, 0.717) is 31.8 Å². The standard InChI is InChI=1S/C21H27NO4/c1-4-25-19-12-7-8-13-20(19)26-15-9-14-21(23)22-16(2)17-10-5-6-11-18(17)24-3/h5-8,10-13,16H,4,9,14-15H2,1-3H3,(H,22,23). The molecule has 0 heterocycles. The number of hydrogen-bond acceptors (Lipinski definition) is 4. The monoisotopic (exact) mass is 357 g/mol. The van der Waals surface area contributed by atoms with Gasteiger partial charge in [0.2, 0.25) is 5.91 Å². The summed E-state index contributed by atoms with van der Waals surface area (Å²) in [5.74, 6) is 2.20. The van der Waals surface area contributed by atoms with Gasteiger partial charge in [-0.1, -0.05) is 30.3 Å². The van der Waals surface area contributed by atoms with Gasteiger partial charge in [0.25, 0.3) is 0 Å². The van der Waals surface area contributed by atoms with Gasteiger partial charge in [-0.2, -0.15) is 0 Å². The Hall–Kier alpha value is -2.69. The van der Waals surface area contributed by atoms with Crippen LogP contribution in [0.2, 0.25) is 0 Å². The zero-order valence-electron chi connectivity index (χ0n) is 15.7. The molecule has 0 fully saturated rings. The van der Waals surface area contributed by atoms with Gasteiger partial charge in [0, 0.05) is 12.0 Å². The van der Waals surface area contributed by atoms with E-state index < -0.39 is 0 Å². The first-order valence-corrected chi connectivity index (χ1v) is 8.92. The van der Waals surface area contributed by atoms with Gasteiger partial charge in [0.1, 0.15) is 5.75 Å². The third-order valence-electron chi connectivity index (χ3n) is 3.94. The number of para-hydroxylation sites is 3. The maximum Gasteiger partial charge on any atom is 0.220 e. The predicted octanol–water partition coefficient (Wildman–Crippen LogP) is 4.13. The van der Waals surface area contributed by atoms with Crippen molar-refractivity contribution in [3.05, 3.63) is 54.1 Å². The first kappa shape index (κ1) is 19.6. The average molecular weight is 357 g/mol. The van der Waals surface area contributed by atoms with Crippen molar-refractivity contribution in [1.29, 1.82) is 0 Å². The van der Waals surface area contributed by atoms with E-state index in [0.717, 1.165) is 17.1 Å². The number of amides is 1. The molecule has 0 radical (unpaired) electrons. The Bertz CT molecular complexity index is 702. The molecule has 1 unspecified atom stereocenters. The van der Waals surface area contributed by atoms with Gasteiger partial charge in [-0.25, -0.2) is 0 Å². The summed E-state index contributed by atoms with van der Waals surface area (Å²) in [6.07, 6.45) is 1.03. The summed E-state index contributed by atoms with van der Waals surface area (Å²) < 4.78 is 16.6. The molecule has 140 valence electrons. The third kappa shape index (κ3) is 5.69. The Morgan fingerprint density at radius 2 is 1.62 bits per heavy atom. The fraction of sp³-hybridized carbons (Fsp3) is 0.381. The molecule has 2 aromatic rings. The molecule has 0 aliphatic rings. The van der Waals surface area contributed by atoms with E-state index in [1.165, 1.54) is 0 Å². The quantitative estimate of drug-likeness (QED) is 0.650. The fourth-order valence-electron chi connectivity index (χ4n) is 2.67. The third-order valence-corrected chi connectivity index (χ3v) is 3.94. The smallest absolute Gasteiger partial charge is 0.220 e. The normalized spacial score (nSPS) is 11.5. The number of methoxy groups -OCH3 is 1. The van der Waals surface area contributed by atoms with Crippen molar-refractivity contribution in [3.63, 3.8) is 0 Å². The molecule has 0 aliphatic carbocycles. The summed E-state index contributed by atoms with van der Waals surface area (Å²) in [4.78, 5) is 12.2. The topological polar surface area (TPSA) is 56.8 Å². The predicted molar refractivity (Wildman–Crippen MR) is 102 cm³/mol. The minimum atomic E-state index is -0.113. The molecule has 1 N–H and O–H groups in total. The van der Waals surface area contributed by atoms with Crippen molar-refractivity contribution in [1.82, 2.24) is 5.32 Å². The lowest BCUT2D eigenvalue weighted by atomic mass is 10.1. The number of carbonyl (C=O) groups is 1. The van der Waals surface area contributed by atoms with Gasteiger partial charge in [0.05, 0.1) is 26.4 Å². The molecule has 0 saturated carbocycles. The maximum atomic E-state index is 12.2. The van der Waals surface area contributed by atoms with Crippen LogP contribution in [0.15, 0.2) is 48.5 Å². The largest absolute Gasteiger partial charge is 0.496 e. The molecule has 0 spiro atoms. The molecule has 5 nitrogen and oxygen atoms in total. The Kier molecular flexibility index (Phi) is 7.80. The molecule has 2 aromatic carbocycles. The van der Waals surface area contributed by atoms with E-state index in [1.807, 2.05) is 62.4 Å². The highest BCUT2D eigenvalue weighted by Gasteiger charge is 2.13. The van der Waals surface area contributed by atoms with Crippen molar-refractivity contribution in [2.75, 3.05) is 20.3 Å². The van der Waals surface area contributed by atoms with Gasteiger partial charge in [-0.15, -0.1) is 0 Å². The van der Waals surface area contributed by atoms with Crippen molar-refractivity contribution < 1.29 is 19.0 Å². The van der Waals surface area contributed by atoms with Crippen LogP contribution < -0.4 is 19.5 Å². The van der Waals surface area contributed by atoms with Crippen LogP contribution >= 0.6 is 0 Å². The highest BCUT2D eigenvalue weighted by Crippen LogP contribution is 2.27. The van der Waals surface area contributed by atoms with Gasteiger partial charge in [-0.05, 0) is 38.5 Å². The molecule has 0 aromatic heterocycles. The lowest BCUT2D eigenvalue weighted by Gasteiger charge is -2.17. The second-order valence-electron chi connectivity index (χ2n) is 5.86. The lowest BCUT2D eigenvalue weighted by molar-refractivity contribution is -0.121. The van der Waals surface area contributed by atoms with Crippen LogP contribution in [0.3, 0.4) is 0 Å². The van der Waals surface area contributed by atoms with Crippen LogP contribution in [0.1, 0.15) is 38.3 Å². The summed E-state index contributed by atoms with van der Waals surface area (Å²) in [5.41, 5.74) is 0.963. The number of nitrogens with one attached hydrogen (secondary N) is 1. The van der Waals surface area contributed by atoms with E-state index in [9.17, 15) is 4.79 Å². The van der Waals surface area contributed by atoms with Crippen molar-refractivity contribution >= 4 is 5.91 Å². The molecule has 0 saturated heterocycles. The van der Waals surface area contributed by atoms with Crippen LogP contribution in [-0.2, 0) is 4.79 Å². The van der Waals surface area contributed by atoms with E-state index in [1.54, 1.807) is 7.11 Å². The molecule has 0 aliphatic heterocycles. The molecule has 2 rings (SSSR count). The maximum absolute atomic E-state index is 12.2. The molecule has 1 atom stereocenters. The summed E-state index contributed by atoms with van der Waals surface area (Å²) in [6.45, 7) is 4.93. The second kappa shape index (κ2) is 10.3. The Labute approximate surface area is 155 Å². The molecular formula is C21H27NO4. The van der Waals surface area contributed by atoms with Crippen LogP contribution in [-0.4, -0.2) is 26.2 Å². The number of hydrogen-bond donors (Lipinski definition) is 1. The zero-order chi connectivity index (χ0) is 18.8. The summed E-state index contributed by atoms with van der Waals surface area (Å²) in [7, 11) is 1.63. The minimum absolute atomic E-state index is 0.00917. The first-order valence-electron chi connectivity index (χ1n) is 8.92. The van der Waals surface area contributed by atoms with E-state index in [-0.39, 0.29) is 11.9 Å². The molecule has 1 amide bonds. The first-order chi connectivity index (χ1) is 12.7. The second-order valence-corrected chi connectivity index (χ2v) is 5.86. The number of rotatable bonds is 10. The van der Waals surface area contributed by atoms with Gasteiger partial charge in [0.15, 0.2) is 11.5 Å². The number of benzene rings is 2. The Morgan fingerprint density at radius 3 is 2.27 bits per heavy atom. The Balaban J connectivity index is 1.77. The zero-order valence-corrected chi connectivity index (χ0v) is 15.7. The number of carbonyl (C=O) groups excluding carboxylic acids is 1. The van der Waals surface area contributed by atoms with E-state index >= 15 is 0 Å². The van der Waals surface area contributed by atoms with Crippen molar-refractivity contribution in [2.45, 2.75) is 32.7 Å². The van der Waals surface area contributed by atoms with Gasteiger partial charge in [-0.3, -0.25) is 4.79 Å². The molecule has 5 heteroatoms. The van der Waals surface area contributed by atoms with Crippen LogP contribution in [0.25, 0.3) is 0 Å². The highest BCUT2D eigenvalue weighted by atomic mass is 16.5. The van der Waals surface area contributed by atoms with Gasteiger partial charge < -0.3 is 19.5 Å². The summed E-state index contributed by atoms with van der Waals surface area (Å²) >= 11 is 0. The van der Waals surface area contributed by atoms with Gasteiger partial charge >= 0.3 is 0 Å². The SMILES string of the molecule is CCOc1ccccc1OCCCC(=O)NC(C)c1ccccc1OC. The van der Waals surface area contributed by atoms with Crippen LogP contribution in [0, 0.1) is 0 Å². The number of ether oxygens (including phenoxy) is 3. The summed E-state index contributed by atoms with van der Waals surface area (Å²) in [5, 5.41) is 3.00. The van der Waals surface area contributed by atoms with E-state index in [4.69, 9.17) is 14.2 Å². The van der Waals surface area contributed by atoms with Crippen molar-refractivity contribution in [3.8, 4) is 17.2 Å². The van der Waals surface area contributed by atoms with E-state index in [2.05, 4.69) is 5.32 Å².